The van der Waals surface area contributed by atoms with Gasteiger partial charge in [-0.25, -0.2) is 8.42 Å². The molecule has 5 aromatic rings. The highest BCUT2D eigenvalue weighted by Gasteiger charge is 2.41. The van der Waals surface area contributed by atoms with Crippen LogP contribution in [-0.2, 0) is 21.4 Å². The number of furan rings is 1. The molecule has 9 heteroatoms. The van der Waals surface area contributed by atoms with Crippen molar-refractivity contribution in [2.24, 2.45) is 0 Å². The van der Waals surface area contributed by atoms with Crippen LogP contribution in [0, 0.1) is 0 Å². The number of nitrogens with zero attached hydrogens (tertiary/aromatic N) is 2. The molecule has 0 radical (unpaired) electrons. The molecule has 182 valence electrons. The third-order valence-electron chi connectivity index (χ3n) is 6.57. The molecule has 1 saturated heterocycles. The minimum absolute atomic E-state index is 0.138. The zero-order valence-corrected chi connectivity index (χ0v) is 20.2. The molecule has 6 rings (SSSR count). The number of nitrogens with one attached hydrogen (secondary N) is 2. The second-order valence-corrected chi connectivity index (χ2v) is 10.7. The number of hydrogen-bond acceptors (Lipinski definition) is 5. The Balaban J connectivity index is 1.17. The molecule has 36 heavy (non-hydrogen) atoms. The van der Waals surface area contributed by atoms with E-state index in [9.17, 15) is 13.2 Å². The number of aromatic nitrogens is 2. The van der Waals surface area contributed by atoms with E-state index in [0.29, 0.717) is 23.8 Å². The van der Waals surface area contributed by atoms with Crippen LogP contribution in [0.1, 0.15) is 18.4 Å². The van der Waals surface area contributed by atoms with E-state index in [1.165, 1.54) is 10.4 Å². The van der Waals surface area contributed by atoms with Gasteiger partial charge in [0.2, 0.25) is 11.0 Å². The topological polar surface area (TPSA) is 108 Å². The molecule has 1 aliphatic rings. The van der Waals surface area contributed by atoms with Gasteiger partial charge < -0.3 is 14.7 Å². The maximum atomic E-state index is 13.3. The average Bonchev–Trinajstić information content (AvgIpc) is 3.65. The molecule has 1 fully saturated rings. The molecule has 0 bridgehead atoms. The number of rotatable bonds is 6. The Hall–Kier alpha value is -3.95. The third kappa shape index (κ3) is 4.06. The molecule has 0 spiro atoms. The van der Waals surface area contributed by atoms with Gasteiger partial charge >= 0.3 is 0 Å². The summed E-state index contributed by atoms with van der Waals surface area (Å²) in [5.41, 5.74) is 4.06. The van der Waals surface area contributed by atoms with E-state index in [1.54, 1.807) is 24.4 Å². The van der Waals surface area contributed by atoms with Gasteiger partial charge in [0.05, 0.1) is 11.4 Å². The normalized spacial score (nSPS) is 16.6. The second kappa shape index (κ2) is 8.92. The number of para-hydroxylation sites is 2. The van der Waals surface area contributed by atoms with Crippen LogP contribution in [0.25, 0.3) is 33.3 Å². The van der Waals surface area contributed by atoms with Gasteiger partial charge in [-0.2, -0.15) is 4.31 Å². The number of benzene rings is 2. The fraction of sp³-hybridized carbons (Fsp3) is 0.185. The van der Waals surface area contributed by atoms with Crippen molar-refractivity contribution in [3.05, 3.63) is 84.6 Å². The molecule has 2 aromatic carbocycles. The van der Waals surface area contributed by atoms with Crippen molar-refractivity contribution in [3.8, 4) is 11.4 Å². The first-order valence-corrected chi connectivity index (χ1v) is 13.2. The zero-order chi connectivity index (χ0) is 24.7. The van der Waals surface area contributed by atoms with E-state index < -0.39 is 16.1 Å². The summed E-state index contributed by atoms with van der Waals surface area (Å²) in [7, 11) is -3.94. The van der Waals surface area contributed by atoms with Crippen LogP contribution in [0.4, 0.5) is 0 Å². The third-order valence-corrected chi connectivity index (χ3v) is 8.33. The Morgan fingerprint density at radius 1 is 1.06 bits per heavy atom. The maximum Gasteiger partial charge on any atom is 0.277 e. The van der Waals surface area contributed by atoms with Gasteiger partial charge in [-0.3, -0.25) is 9.78 Å². The van der Waals surface area contributed by atoms with Crippen LogP contribution in [-0.4, -0.2) is 41.2 Å². The number of carbonyl (C=O) groups excluding carboxylic acids is 1. The molecular formula is C27H24N4O4S. The van der Waals surface area contributed by atoms with Gasteiger partial charge in [0.25, 0.3) is 10.0 Å². The van der Waals surface area contributed by atoms with Crippen molar-refractivity contribution >= 4 is 37.8 Å². The largest absolute Gasteiger partial charge is 0.443 e. The highest BCUT2D eigenvalue weighted by atomic mass is 32.2. The molecule has 4 heterocycles. The standard InChI is InChI=1S/C27H24N4O4S/c32-27(24-9-5-13-31(24)36(33,34)26-16-20-7-2-4-10-25(20)35-26)29-17-18-11-12-28-22(14-18)23-15-19-6-1-3-8-21(19)30-23/h1-4,6-8,10-12,14-16,24,30H,5,9,13,17H2,(H,29,32)/t24-/m0/s1. The molecule has 1 atom stereocenters. The minimum atomic E-state index is -3.94. The van der Waals surface area contributed by atoms with Crippen molar-refractivity contribution < 1.29 is 17.6 Å². The number of fused-ring (bicyclic) bond motifs is 2. The molecular weight excluding hydrogens is 476 g/mol. The molecule has 3 aromatic heterocycles. The lowest BCUT2D eigenvalue weighted by Gasteiger charge is -2.22. The van der Waals surface area contributed by atoms with E-state index in [0.717, 1.165) is 27.9 Å². The summed E-state index contributed by atoms with van der Waals surface area (Å²) < 4.78 is 33.5. The molecule has 1 aliphatic heterocycles. The Labute approximate surface area is 208 Å². The summed E-state index contributed by atoms with van der Waals surface area (Å²) in [5.74, 6) is -0.323. The summed E-state index contributed by atoms with van der Waals surface area (Å²) in [5, 5.41) is 4.58. The van der Waals surface area contributed by atoms with Crippen LogP contribution in [0.5, 0.6) is 0 Å². The Bertz CT molecular complexity index is 1620. The van der Waals surface area contributed by atoms with Crippen LogP contribution in [0.2, 0.25) is 0 Å². The predicted octanol–water partition coefficient (Wildman–Crippen LogP) is 4.45. The van der Waals surface area contributed by atoms with Crippen LogP contribution in [0.3, 0.4) is 0 Å². The fourth-order valence-corrected chi connectivity index (χ4v) is 6.35. The van der Waals surface area contributed by atoms with Crippen LogP contribution >= 0.6 is 0 Å². The number of carbonyl (C=O) groups is 1. The maximum absolute atomic E-state index is 13.3. The van der Waals surface area contributed by atoms with Gasteiger partial charge in [0.1, 0.15) is 11.6 Å². The van der Waals surface area contributed by atoms with Gasteiger partial charge in [-0.05, 0) is 48.7 Å². The Morgan fingerprint density at radius 3 is 2.69 bits per heavy atom. The molecule has 0 aliphatic carbocycles. The van der Waals surface area contributed by atoms with E-state index in [1.807, 2.05) is 48.5 Å². The summed E-state index contributed by atoms with van der Waals surface area (Å²) >= 11 is 0. The number of hydrogen-bond donors (Lipinski definition) is 2. The minimum Gasteiger partial charge on any atom is -0.443 e. The number of aromatic amines is 1. The smallest absolute Gasteiger partial charge is 0.277 e. The first-order chi connectivity index (χ1) is 17.5. The summed E-state index contributed by atoms with van der Waals surface area (Å²) in [6.07, 6.45) is 2.77. The number of amides is 1. The first-order valence-electron chi connectivity index (χ1n) is 11.8. The van der Waals surface area contributed by atoms with Gasteiger partial charge in [-0.15, -0.1) is 0 Å². The lowest BCUT2D eigenvalue weighted by molar-refractivity contribution is -0.124. The number of sulfonamides is 1. The average molecular weight is 501 g/mol. The number of H-pyrrole nitrogens is 1. The lowest BCUT2D eigenvalue weighted by Crippen LogP contribution is -2.45. The highest BCUT2D eigenvalue weighted by molar-refractivity contribution is 7.89. The predicted molar refractivity (Wildman–Crippen MR) is 137 cm³/mol. The summed E-state index contributed by atoms with van der Waals surface area (Å²) in [6, 6.07) is 21.7. The zero-order valence-electron chi connectivity index (χ0n) is 19.3. The molecule has 2 N–H and O–H groups in total. The van der Waals surface area contributed by atoms with Crippen molar-refractivity contribution in [3.63, 3.8) is 0 Å². The SMILES string of the molecule is O=C(NCc1ccnc(-c2cc3ccccc3[nH]2)c1)[C@@H]1CCCN1S(=O)(=O)c1cc2ccccc2o1. The van der Waals surface area contributed by atoms with E-state index in [4.69, 9.17) is 4.42 Å². The number of pyridine rings is 1. The second-order valence-electron chi connectivity index (χ2n) is 8.91. The van der Waals surface area contributed by atoms with Crippen LogP contribution in [0.15, 0.2) is 88.5 Å². The highest BCUT2D eigenvalue weighted by Crippen LogP contribution is 2.30. The van der Waals surface area contributed by atoms with E-state index in [2.05, 4.69) is 15.3 Å². The fourth-order valence-electron chi connectivity index (χ4n) is 4.74. The Morgan fingerprint density at radius 2 is 1.86 bits per heavy atom. The van der Waals surface area contributed by atoms with Crippen molar-refractivity contribution in [2.75, 3.05) is 6.54 Å². The van der Waals surface area contributed by atoms with Crippen molar-refractivity contribution in [1.82, 2.24) is 19.6 Å². The molecule has 8 nitrogen and oxygen atoms in total. The van der Waals surface area contributed by atoms with Crippen molar-refractivity contribution in [2.45, 2.75) is 30.5 Å². The van der Waals surface area contributed by atoms with Gasteiger partial charge in [0, 0.05) is 41.6 Å². The lowest BCUT2D eigenvalue weighted by atomic mass is 10.1. The van der Waals surface area contributed by atoms with Gasteiger partial charge in [0.15, 0.2) is 0 Å². The molecule has 0 unspecified atom stereocenters. The monoisotopic (exact) mass is 500 g/mol. The molecule has 1 amide bonds. The van der Waals surface area contributed by atoms with Crippen LogP contribution < -0.4 is 5.32 Å². The van der Waals surface area contributed by atoms with Crippen molar-refractivity contribution in [1.29, 1.82) is 0 Å². The van der Waals surface area contributed by atoms with Gasteiger partial charge in [-0.1, -0.05) is 36.4 Å². The quantitative estimate of drug-likeness (QED) is 0.358. The van der Waals surface area contributed by atoms with E-state index in [-0.39, 0.29) is 24.1 Å². The van der Waals surface area contributed by atoms with E-state index >= 15 is 0 Å². The Kier molecular flexibility index (Phi) is 5.58. The summed E-state index contributed by atoms with van der Waals surface area (Å²) in [4.78, 5) is 20.9. The first kappa shape index (κ1) is 22.5. The summed E-state index contributed by atoms with van der Waals surface area (Å²) in [6.45, 7) is 0.543. The molecule has 0 saturated carbocycles.